The van der Waals surface area contributed by atoms with E-state index in [-0.39, 0.29) is 16.2 Å². The Balaban J connectivity index is 2.69. The molecule has 2 aliphatic rings. The monoisotopic (exact) mass is 298 g/mol. The van der Waals surface area contributed by atoms with E-state index in [1.165, 1.54) is 16.7 Å². The maximum absolute atomic E-state index is 2.50. The third-order valence-corrected chi connectivity index (χ3v) is 5.70. The number of hydrogen-bond donors (Lipinski definition) is 0. The largest absolute Gasteiger partial charge is 0.0764 e. The van der Waals surface area contributed by atoms with Gasteiger partial charge in [-0.25, -0.2) is 0 Å². The summed E-state index contributed by atoms with van der Waals surface area (Å²) < 4.78 is 0. The van der Waals surface area contributed by atoms with Gasteiger partial charge >= 0.3 is 0 Å². The van der Waals surface area contributed by atoms with Crippen LogP contribution in [0.1, 0.15) is 75.7 Å². The Morgan fingerprint density at radius 2 is 1.45 bits per heavy atom. The minimum Gasteiger partial charge on any atom is -0.0764 e. The highest BCUT2D eigenvalue weighted by molar-refractivity contribution is 5.58. The van der Waals surface area contributed by atoms with Crippen LogP contribution in [0.3, 0.4) is 0 Å². The Morgan fingerprint density at radius 3 is 1.82 bits per heavy atom. The van der Waals surface area contributed by atoms with Gasteiger partial charge in [0, 0.05) is 5.41 Å². The lowest BCUT2D eigenvalue weighted by Gasteiger charge is -2.36. The van der Waals surface area contributed by atoms with Gasteiger partial charge in [-0.05, 0) is 67.2 Å². The van der Waals surface area contributed by atoms with Crippen molar-refractivity contribution in [2.45, 2.75) is 75.7 Å². The van der Waals surface area contributed by atoms with Crippen molar-refractivity contribution in [2.75, 3.05) is 0 Å². The highest BCUT2D eigenvalue weighted by atomic mass is 14.5. The van der Waals surface area contributed by atoms with Crippen LogP contribution in [0.2, 0.25) is 0 Å². The second-order valence-electron chi connectivity index (χ2n) is 9.46. The summed E-state index contributed by atoms with van der Waals surface area (Å²) >= 11 is 0. The molecule has 122 valence electrons. The second kappa shape index (κ2) is 4.98. The zero-order chi connectivity index (χ0) is 17.1. The lowest BCUT2D eigenvalue weighted by molar-refractivity contribution is 0.438. The molecule has 0 fully saturated rings. The molecule has 0 heteroatoms. The molecule has 1 atom stereocenters. The van der Waals surface area contributed by atoms with Gasteiger partial charge in [-0.2, -0.15) is 0 Å². The average Bonchev–Trinajstić information content (AvgIpc) is 2.87. The minimum atomic E-state index is 0.0975. The second-order valence-corrected chi connectivity index (χ2v) is 9.46. The molecule has 0 heterocycles. The van der Waals surface area contributed by atoms with Gasteiger partial charge in [0.25, 0.3) is 0 Å². The lowest BCUT2D eigenvalue weighted by Crippen LogP contribution is -2.24. The Labute approximate surface area is 138 Å². The van der Waals surface area contributed by atoms with Crippen LogP contribution < -0.4 is 0 Å². The van der Waals surface area contributed by atoms with E-state index in [0.29, 0.717) is 0 Å². The fourth-order valence-corrected chi connectivity index (χ4v) is 4.23. The zero-order valence-electron chi connectivity index (χ0n) is 16.4. The van der Waals surface area contributed by atoms with Gasteiger partial charge in [-0.15, -0.1) is 0 Å². The molecule has 2 rings (SSSR count). The Morgan fingerprint density at radius 1 is 0.909 bits per heavy atom. The van der Waals surface area contributed by atoms with E-state index in [1.807, 2.05) is 0 Å². The number of allylic oxidation sites excluding steroid dienone is 8. The molecule has 0 aromatic heterocycles. The van der Waals surface area contributed by atoms with Gasteiger partial charge < -0.3 is 0 Å². The van der Waals surface area contributed by atoms with E-state index in [9.17, 15) is 0 Å². The van der Waals surface area contributed by atoms with Crippen LogP contribution in [0.25, 0.3) is 0 Å². The van der Waals surface area contributed by atoms with Gasteiger partial charge in [0.05, 0.1) is 0 Å². The summed E-state index contributed by atoms with van der Waals surface area (Å²) in [5.74, 6) is 0. The minimum absolute atomic E-state index is 0.0975. The number of rotatable bonds is 1. The molecule has 0 nitrogen and oxygen atoms in total. The zero-order valence-corrected chi connectivity index (χ0v) is 16.4. The molecule has 0 spiro atoms. The van der Waals surface area contributed by atoms with Crippen molar-refractivity contribution in [3.8, 4) is 0 Å². The Bertz CT molecular complexity index is 618. The molecule has 2 aliphatic carbocycles. The molecule has 22 heavy (non-hydrogen) atoms. The summed E-state index contributed by atoms with van der Waals surface area (Å²) in [4.78, 5) is 0. The first kappa shape index (κ1) is 17.3. The van der Waals surface area contributed by atoms with Crippen LogP contribution in [0.5, 0.6) is 0 Å². The summed E-state index contributed by atoms with van der Waals surface area (Å²) in [6.45, 7) is 23.4. The van der Waals surface area contributed by atoms with Gasteiger partial charge in [0.2, 0.25) is 0 Å². The summed E-state index contributed by atoms with van der Waals surface area (Å²) in [5, 5.41) is 0. The van der Waals surface area contributed by atoms with Gasteiger partial charge in [0.1, 0.15) is 0 Å². The van der Waals surface area contributed by atoms with E-state index < -0.39 is 0 Å². The molecule has 1 unspecified atom stereocenters. The van der Waals surface area contributed by atoms with Gasteiger partial charge in [0.15, 0.2) is 0 Å². The quantitative estimate of drug-likeness (QED) is 0.488. The summed E-state index contributed by atoms with van der Waals surface area (Å²) in [6, 6.07) is 0. The molecule has 0 radical (unpaired) electrons. The molecule has 0 saturated heterocycles. The first-order valence-electron chi connectivity index (χ1n) is 8.63. The van der Waals surface area contributed by atoms with E-state index in [2.05, 4.69) is 81.4 Å². The van der Waals surface area contributed by atoms with E-state index in [4.69, 9.17) is 0 Å². The van der Waals surface area contributed by atoms with Crippen LogP contribution in [-0.2, 0) is 0 Å². The average molecular weight is 299 g/mol. The fourth-order valence-electron chi connectivity index (χ4n) is 4.23. The van der Waals surface area contributed by atoms with Crippen LogP contribution in [0, 0.1) is 16.2 Å². The lowest BCUT2D eigenvalue weighted by atomic mass is 9.68. The molecular formula is C22H34. The molecule has 0 aliphatic heterocycles. The summed E-state index contributed by atoms with van der Waals surface area (Å²) in [6.07, 6.45) is 6.09. The molecule has 0 saturated carbocycles. The van der Waals surface area contributed by atoms with Crippen molar-refractivity contribution in [1.29, 1.82) is 0 Å². The Kier molecular flexibility index (Phi) is 3.92. The topological polar surface area (TPSA) is 0 Å². The molecule has 0 aromatic carbocycles. The number of hydrogen-bond acceptors (Lipinski definition) is 0. The smallest absolute Gasteiger partial charge is 0.0290 e. The highest BCUT2D eigenvalue weighted by Gasteiger charge is 2.42. The van der Waals surface area contributed by atoms with E-state index in [0.717, 1.165) is 6.42 Å². The third-order valence-electron chi connectivity index (χ3n) is 5.70. The molecule has 0 N–H and O–H groups in total. The van der Waals surface area contributed by atoms with Crippen LogP contribution in [0.4, 0.5) is 0 Å². The molecule has 0 aromatic rings. The fraction of sp³-hybridized carbons (Fsp3) is 0.636. The van der Waals surface area contributed by atoms with Crippen LogP contribution >= 0.6 is 0 Å². The van der Waals surface area contributed by atoms with Gasteiger partial charge in [-0.1, -0.05) is 64.8 Å². The molecule has 0 amide bonds. The Hall–Kier alpha value is -1.04. The first-order valence-corrected chi connectivity index (χ1v) is 8.63. The van der Waals surface area contributed by atoms with E-state index >= 15 is 0 Å². The van der Waals surface area contributed by atoms with Crippen LogP contribution in [-0.4, -0.2) is 0 Å². The van der Waals surface area contributed by atoms with Gasteiger partial charge in [-0.3, -0.25) is 0 Å². The maximum Gasteiger partial charge on any atom is 0.0290 e. The standard InChI is InChI=1S/C22H34/c1-14-13-22(10,16(3)15(14)2)18-12-11-17(20(4,5)6)19(18)21(7,8)9/h11,13H,12H2,1-10H3. The van der Waals surface area contributed by atoms with Crippen molar-refractivity contribution < 1.29 is 0 Å². The molecular weight excluding hydrogens is 264 g/mol. The van der Waals surface area contributed by atoms with Crippen molar-refractivity contribution in [1.82, 2.24) is 0 Å². The van der Waals surface area contributed by atoms with Crippen molar-refractivity contribution in [3.05, 3.63) is 45.6 Å². The van der Waals surface area contributed by atoms with Crippen LogP contribution in [0.15, 0.2) is 45.6 Å². The molecule has 0 bridgehead atoms. The van der Waals surface area contributed by atoms with E-state index in [1.54, 1.807) is 16.7 Å². The van der Waals surface area contributed by atoms with Crippen molar-refractivity contribution in [2.24, 2.45) is 16.2 Å². The SMILES string of the molecule is CC1=CC(C)(C2=C(C(C)(C)C)C(C(C)(C)C)=CC2)C(C)=C1C. The third kappa shape index (κ3) is 2.55. The normalized spacial score (nSPS) is 26.8. The first-order chi connectivity index (χ1) is 9.80. The van der Waals surface area contributed by atoms with Crippen molar-refractivity contribution >= 4 is 0 Å². The predicted molar refractivity (Wildman–Crippen MR) is 98.9 cm³/mol. The highest BCUT2D eigenvalue weighted by Crippen LogP contribution is 2.56. The predicted octanol–water partition coefficient (Wildman–Crippen LogP) is 7.01. The summed E-state index contributed by atoms with van der Waals surface area (Å²) in [7, 11) is 0. The maximum atomic E-state index is 2.50. The van der Waals surface area contributed by atoms with Crippen molar-refractivity contribution in [3.63, 3.8) is 0 Å². The summed E-state index contributed by atoms with van der Waals surface area (Å²) in [5.41, 5.74) is 9.74.